The number of carbonyl (C=O) groups is 1. The Hall–Kier alpha value is -0.680. The second kappa shape index (κ2) is 7.73. The van der Waals surface area contributed by atoms with E-state index in [-0.39, 0.29) is 6.09 Å². The maximum atomic E-state index is 12.1. The summed E-state index contributed by atoms with van der Waals surface area (Å²) >= 11 is 4.44. The van der Waals surface area contributed by atoms with Crippen molar-refractivity contribution in [3.8, 4) is 0 Å². The summed E-state index contributed by atoms with van der Waals surface area (Å²) in [7, 11) is -2.07. The number of amides is 1. The Morgan fingerprint density at radius 1 is 1.36 bits per heavy atom. The highest BCUT2D eigenvalue weighted by molar-refractivity contribution is 9.11. The molecule has 1 fully saturated rings. The minimum atomic E-state index is -3.44. The maximum absolute atomic E-state index is 12.1. The van der Waals surface area contributed by atoms with Gasteiger partial charge in [-0.25, -0.2) is 17.9 Å². The van der Waals surface area contributed by atoms with Crippen LogP contribution in [0.4, 0.5) is 4.79 Å². The highest BCUT2D eigenvalue weighted by Crippen LogP contribution is 2.25. The second-order valence-electron chi connectivity index (χ2n) is 4.76. The van der Waals surface area contributed by atoms with Crippen molar-refractivity contribution < 1.29 is 17.9 Å². The van der Waals surface area contributed by atoms with Crippen molar-refractivity contribution >= 4 is 43.4 Å². The van der Waals surface area contributed by atoms with Crippen LogP contribution < -0.4 is 4.72 Å². The molecule has 1 aromatic heterocycles. The number of methoxy groups -OCH3 is 1. The monoisotopic (exact) mass is 411 g/mol. The van der Waals surface area contributed by atoms with Crippen LogP contribution in [-0.4, -0.2) is 70.7 Å². The summed E-state index contributed by atoms with van der Waals surface area (Å²) in [6.07, 6.45) is -0.316. The number of nitrogens with zero attached hydrogens (tertiary/aromatic N) is 2. The van der Waals surface area contributed by atoms with Crippen molar-refractivity contribution in [3.05, 3.63) is 15.9 Å². The quantitative estimate of drug-likeness (QED) is 0.786. The van der Waals surface area contributed by atoms with Crippen molar-refractivity contribution in [3.63, 3.8) is 0 Å². The molecule has 0 radical (unpaired) electrons. The molecule has 0 saturated carbocycles. The van der Waals surface area contributed by atoms with E-state index in [9.17, 15) is 13.2 Å². The number of piperazine rings is 1. The van der Waals surface area contributed by atoms with Gasteiger partial charge < -0.3 is 9.64 Å². The van der Waals surface area contributed by atoms with Gasteiger partial charge in [0.2, 0.25) is 10.0 Å². The van der Waals surface area contributed by atoms with Gasteiger partial charge in [0.15, 0.2) is 0 Å². The Morgan fingerprint density at radius 2 is 2.05 bits per heavy atom. The summed E-state index contributed by atoms with van der Waals surface area (Å²) in [5.74, 6) is 0. The Kier molecular flexibility index (Phi) is 6.21. The zero-order valence-electron chi connectivity index (χ0n) is 12.1. The number of hydrogen-bond acceptors (Lipinski definition) is 6. The van der Waals surface area contributed by atoms with Crippen LogP contribution in [0.3, 0.4) is 0 Å². The van der Waals surface area contributed by atoms with Gasteiger partial charge in [0.05, 0.1) is 10.9 Å². The van der Waals surface area contributed by atoms with Gasteiger partial charge in [0.25, 0.3) is 0 Å². The molecule has 1 saturated heterocycles. The van der Waals surface area contributed by atoms with Crippen LogP contribution in [0, 0.1) is 0 Å². The summed E-state index contributed by atoms with van der Waals surface area (Å²) in [5, 5.41) is 0. The van der Waals surface area contributed by atoms with Crippen LogP contribution in [0.5, 0.6) is 0 Å². The van der Waals surface area contributed by atoms with Gasteiger partial charge >= 0.3 is 6.09 Å². The number of sulfonamides is 1. The molecule has 1 aliphatic heterocycles. The molecular formula is C12H18BrN3O4S2. The third kappa shape index (κ3) is 4.66. The van der Waals surface area contributed by atoms with Crippen LogP contribution in [0.1, 0.15) is 0 Å². The molecule has 0 bridgehead atoms. The zero-order chi connectivity index (χ0) is 16.2. The van der Waals surface area contributed by atoms with E-state index < -0.39 is 10.0 Å². The molecule has 22 heavy (non-hydrogen) atoms. The van der Waals surface area contributed by atoms with Gasteiger partial charge in [0, 0.05) is 39.3 Å². The first-order chi connectivity index (χ1) is 10.4. The van der Waals surface area contributed by atoms with Crippen molar-refractivity contribution in [1.29, 1.82) is 0 Å². The SMILES string of the molecule is COC(=O)N1CCN(CCNS(=O)(=O)c2ccc(Br)s2)CC1. The first kappa shape index (κ1) is 17.7. The van der Waals surface area contributed by atoms with Crippen LogP contribution in [0.25, 0.3) is 0 Å². The molecule has 2 heterocycles. The van der Waals surface area contributed by atoms with Crippen LogP contribution >= 0.6 is 27.3 Å². The highest BCUT2D eigenvalue weighted by Gasteiger charge is 2.22. The second-order valence-corrected chi connectivity index (χ2v) is 9.21. The van der Waals surface area contributed by atoms with Gasteiger partial charge in [-0.1, -0.05) is 0 Å². The van der Waals surface area contributed by atoms with E-state index >= 15 is 0 Å². The van der Waals surface area contributed by atoms with E-state index in [0.29, 0.717) is 43.5 Å². The fourth-order valence-electron chi connectivity index (χ4n) is 2.13. The van der Waals surface area contributed by atoms with Crippen LogP contribution in [0.15, 0.2) is 20.1 Å². The third-order valence-electron chi connectivity index (χ3n) is 3.34. The molecule has 0 spiro atoms. The van der Waals surface area contributed by atoms with Gasteiger partial charge in [-0.2, -0.15) is 0 Å². The van der Waals surface area contributed by atoms with Gasteiger partial charge in [-0.05, 0) is 28.1 Å². The van der Waals surface area contributed by atoms with Gasteiger partial charge in [-0.3, -0.25) is 4.90 Å². The number of halogens is 1. The summed E-state index contributed by atoms with van der Waals surface area (Å²) in [6, 6.07) is 3.29. The molecule has 1 aliphatic rings. The molecule has 0 aromatic carbocycles. The average Bonchev–Trinajstić information content (AvgIpc) is 2.94. The molecule has 1 amide bonds. The first-order valence-corrected chi connectivity index (χ1v) is 9.82. The predicted molar refractivity (Wildman–Crippen MR) is 87.6 cm³/mol. The largest absolute Gasteiger partial charge is 0.453 e. The fraction of sp³-hybridized carbons (Fsp3) is 0.583. The lowest BCUT2D eigenvalue weighted by atomic mass is 10.3. The molecule has 1 N–H and O–H groups in total. The number of ether oxygens (including phenoxy) is 1. The van der Waals surface area contributed by atoms with Crippen molar-refractivity contribution in [1.82, 2.24) is 14.5 Å². The number of carbonyl (C=O) groups excluding carboxylic acids is 1. The Labute approximate surface area is 142 Å². The lowest BCUT2D eigenvalue weighted by Crippen LogP contribution is -2.50. The van der Waals surface area contributed by atoms with Crippen LogP contribution in [-0.2, 0) is 14.8 Å². The minimum Gasteiger partial charge on any atom is -0.453 e. The lowest BCUT2D eigenvalue weighted by Gasteiger charge is -2.33. The molecule has 124 valence electrons. The normalized spacial score (nSPS) is 16.7. The summed E-state index contributed by atoms with van der Waals surface area (Å²) < 4.78 is 32.5. The van der Waals surface area contributed by atoms with E-state index in [1.54, 1.807) is 17.0 Å². The molecule has 1 aromatic rings. The molecule has 0 unspecified atom stereocenters. The number of hydrogen-bond donors (Lipinski definition) is 1. The Morgan fingerprint density at radius 3 is 2.59 bits per heavy atom. The minimum absolute atomic E-state index is 0.301. The molecule has 0 aliphatic carbocycles. The van der Waals surface area contributed by atoms with E-state index in [1.165, 1.54) is 18.4 Å². The van der Waals surface area contributed by atoms with E-state index in [4.69, 9.17) is 0 Å². The Bertz CT molecular complexity index is 612. The number of rotatable bonds is 5. The van der Waals surface area contributed by atoms with Gasteiger partial charge in [0.1, 0.15) is 4.21 Å². The molecular weight excluding hydrogens is 394 g/mol. The number of nitrogens with one attached hydrogen (secondary N) is 1. The third-order valence-corrected chi connectivity index (χ3v) is 6.92. The summed E-state index contributed by atoms with van der Waals surface area (Å²) in [6.45, 7) is 3.56. The lowest BCUT2D eigenvalue weighted by molar-refractivity contribution is 0.0918. The van der Waals surface area contributed by atoms with Crippen LogP contribution in [0.2, 0.25) is 0 Å². The average molecular weight is 412 g/mol. The molecule has 7 nitrogen and oxygen atoms in total. The van der Waals surface area contributed by atoms with E-state index in [0.717, 1.165) is 3.79 Å². The molecule has 2 rings (SSSR count). The zero-order valence-corrected chi connectivity index (χ0v) is 15.3. The van der Waals surface area contributed by atoms with E-state index in [2.05, 4.69) is 30.3 Å². The molecule has 0 atom stereocenters. The Balaban J connectivity index is 1.75. The van der Waals surface area contributed by atoms with Gasteiger partial charge in [-0.15, -0.1) is 11.3 Å². The molecule has 10 heteroatoms. The summed E-state index contributed by atoms with van der Waals surface area (Å²) in [5.41, 5.74) is 0. The highest BCUT2D eigenvalue weighted by atomic mass is 79.9. The maximum Gasteiger partial charge on any atom is 0.409 e. The first-order valence-electron chi connectivity index (χ1n) is 6.72. The standard InChI is InChI=1S/C12H18BrN3O4S2/c1-20-12(17)16-8-6-15(7-9-16)5-4-14-22(18,19)11-3-2-10(13)21-11/h2-3,14H,4-9H2,1H3. The summed E-state index contributed by atoms with van der Waals surface area (Å²) in [4.78, 5) is 15.1. The van der Waals surface area contributed by atoms with Crippen molar-refractivity contribution in [2.24, 2.45) is 0 Å². The topological polar surface area (TPSA) is 79.0 Å². The van der Waals surface area contributed by atoms with E-state index in [1.807, 2.05) is 0 Å². The van der Waals surface area contributed by atoms with Crippen molar-refractivity contribution in [2.45, 2.75) is 4.21 Å². The van der Waals surface area contributed by atoms with Crippen molar-refractivity contribution in [2.75, 3.05) is 46.4 Å². The predicted octanol–water partition coefficient (Wildman–Crippen LogP) is 1.17. The number of thiophene rings is 1. The fourth-order valence-corrected chi connectivity index (χ4v) is 5.21. The smallest absolute Gasteiger partial charge is 0.409 e.